The van der Waals surface area contributed by atoms with Crippen molar-refractivity contribution in [2.45, 2.75) is 56.7 Å². The quantitative estimate of drug-likeness (QED) is 0.696. The highest BCUT2D eigenvalue weighted by atomic mass is 16.7. The van der Waals surface area contributed by atoms with Crippen molar-refractivity contribution in [2.24, 2.45) is 5.92 Å². The summed E-state index contributed by atoms with van der Waals surface area (Å²) in [6.45, 7) is 1.59. The van der Waals surface area contributed by atoms with E-state index in [2.05, 4.69) is 0 Å². The second-order valence-electron chi connectivity index (χ2n) is 5.85. The fourth-order valence-electron chi connectivity index (χ4n) is 3.06. The van der Waals surface area contributed by atoms with Gasteiger partial charge in [-0.15, -0.1) is 0 Å². The summed E-state index contributed by atoms with van der Waals surface area (Å²) < 4.78 is 21.5. The topological polar surface area (TPSA) is 94.5 Å². The lowest BCUT2D eigenvalue weighted by molar-refractivity contribution is -0.219. The molecule has 0 aliphatic carbocycles. The van der Waals surface area contributed by atoms with Crippen molar-refractivity contribution in [3.63, 3.8) is 0 Å². The van der Waals surface area contributed by atoms with Crippen molar-refractivity contribution in [3.8, 4) is 0 Å². The number of carbonyl (C=O) groups is 1. The number of carbonyl (C=O) groups excluding carboxylic acids is 1. The number of esters is 1. The number of ether oxygens (including phenoxy) is 4. The molecule has 1 unspecified atom stereocenters. The molecule has 7 nitrogen and oxygen atoms in total. The number of hydrogen-bond acceptors (Lipinski definition) is 7. The molecule has 0 spiro atoms. The Morgan fingerprint density at radius 2 is 2.09 bits per heavy atom. The highest BCUT2D eigenvalue weighted by Gasteiger charge is 2.52. The number of aliphatic hydroxyl groups is 2. The van der Waals surface area contributed by atoms with Crippen LogP contribution in [-0.2, 0) is 23.7 Å². The van der Waals surface area contributed by atoms with Crippen molar-refractivity contribution in [1.29, 1.82) is 0 Å². The second-order valence-corrected chi connectivity index (χ2v) is 5.85. The number of aliphatic hydroxyl groups excluding tert-OH is 2. The van der Waals surface area contributed by atoms with E-state index in [1.165, 1.54) is 19.6 Å². The van der Waals surface area contributed by atoms with Gasteiger partial charge in [-0.2, -0.15) is 0 Å². The minimum Gasteiger partial charge on any atom is -0.467 e. The van der Waals surface area contributed by atoms with E-state index in [1.807, 2.05) is 6.92 Å². The minimum absolute atomic E-state index is 0.0738. The van der Waals surface area contributed by atoms with E-state index < -0.39 is 24.0 Å². The molecule has 126 valence electrons. The molecule has 4 atom stereocenters. The van der Waals surface area contributed by atoms with E-state index >= 15 is 0 Å². The van der Waals surface area contributed by atoms with Gasteiger partial charge < -0.3 is 29.2 Å². The molecule has 0 aromatic heterocycles. The van der Waals surface area contributed by atoms with Gasteiger partial charge >= 0.3 is 5.97 Å². The summed E-state index contributed by atoms with van der Waals surface area (Å²) in [4.78, 5) is 12.4. The smallest absolute Gasteiger partial charge is 0.338 e. The van der Waals surface area contributed by atoms with Crippen LogP contribution in [0, 0.1) is 5.92 Å². The van der Waals surface area contributed by atoms with Gasteiger partial charge in [0.2, 0.25) is 6.29 Å². The predicted octanol–water partition coefficient (Wildman–Crippen LogP) is 0.691. The van der Waals surface area contributed by atoms with E-state index in [-0.39, 0.29) is 31.5 Å². The molecule has 2 aliphatic heterocycles. The Bertz CT molecular complexity index is 403. The van der Waals surface area contributed by atoms with Crippen LogP contribution in [0.1, 0.15) is 32.6 Å². The van der Waals surface area contributed by atoms with Gasteiger partial charge in [-0.25, -0.2) is 4.79 Å². The minimum atomic E-state index is -1.18. The van der Waals surface area contributed by atoms with Crippen molar-refractivity contribution >= 4 is 5.97 Å². The second kappa shape index (κ2) is 7.30. The van der Waals surface area contributed by atoms with Crippen LogP contribution in [-0.4, -0.2) is 54.0 Å². The lowest BCUT2D eigenvalue weighted by Gasteiger charge is -2.44. The molecule has 2 heterocycles. The third-order valence-electron chi connectivity index (χ3n) is 4.36. The number of rotatable bonds is 6. The maximum atomic E-state index is 12.4. The molecule has 2 aliphatic rings. The van der Waals surface area contributed by atoms with E-state index in [9.17, 15) is 9.90 Å². The summed E-state index contributed by atoms with van der Waals surface area (Å²) in [5, 5.41) is 18.6. The summed E-state index contributed by atoms with van der Waals surface area (Å²) in [5.41, 5.74) is -1.18. The molecule has 7 heteroatoms. The van der Waals surface area contributed by atoms with Crippen LogP contribution in [0.25, 0.3) is 0 Å². The Hall–Kier alpha value is -1.31. The Balaban J connectivity index is 2.14. The van der Waals surface area contributed by atoms with E-state index in [0.717, 1.165) is 6.42 Å². The van der Waals surface area contributed by atoms with Crippen molar-refractivity contribution < 1.29 is 34.0 Å². The third kappa shape index (κ3) is 3.53. The number of methoxy groups -OCH3 is 1. The fraction of sp³-hybridized carbons (Fsp3) is 0.800. The van der Waals surface area contributed by atoms with Gasteiger partial charge in [-0.1, -0.05) is 6.92 Å². The molecule has 2 N–H and O–H groups in total. The lowest BCUT2D eigenvalue weighted by Crippen LogP contribution is -2.55. The Labute approximate surface area is 129 Å². The average molecular weight is 316 g/mol. The summed E-state index contributed by atoms with van der Waals surface area (Å²) in [6, 6.07) is 0. The summed E-state index contributed by atoms with van der Waals surface area (Å²) in [5.74, 6) is -0.544. The van der Waals surface area contributed by atoms with Gasteiger partial charge in [0.1, 0.15) is 12.5 Å². The predicted molar refractivity (Wildman–Crippen MR) is 75.4 cm³/mol. The first-order valence-corrected chi connectivity index (χ1v) is 7.53. The summed E-state index contributed by atoms with van der Waals surface area (Å²) >= 11 is 0. The molecule has 0 radical (unpaired) electrons. The van der Waals surface area contributed by atoms with Crippen LogP contribution < -0.4 is 0 Å². The summed E-state index contributed by atoms with van der Waals surface area (Å²) in [6.07, 6.45) is 3.00. The first-order valence-electron chi connectivity index (χ1n) is 7.53. The first kappa shape index (κ1) is 17.1. The standard InChI is InChI=1S/C15H24O7/c1-10-3-4-12(7-11(17)9-16)22-15(10,14(18)19-2)8-13-20-5-6-21-13/h5-6,10-13,16-17H,3-4,7-9H2,1-2H3/t10-,11-,12?,15+/m0/s1. The van der Waals surface area contributed by atoms with E-state index in [1.54, 1.807) is 0 Å². The maximum absolute atomic E-state index is 12.4. The molecule has 0 bridgehead atoms. The molecule has 0 aromatic carbocycles. The van der Waals surface area contributed by atoms with Crippen LogP contribution in [0.3, 0.4) is 0 Å². The average Bonchev–Trinajstić information content (AvgIpc) is 3.02. The van der Waals surface area contributed by atoms with Crippen LogP contribution in [0.5, 0.6) is 0 Å². The largest absolute Gasteiger partial charge is 0.467 e. The van der Waals surface area contributed by atoms with Crippen LogP contribution in [0.2, 0.25) is 0 Å². The zero-order chi connectivity index (χ0) is 16.2. The zero-order valence-electron chi connectivity index (χ0n) is 12.9. The molecule has 1 fully saturated rings. The fourth-order valence-corrected chi connectivity index (χ4v) is 3.06. The normalized spacial score (nSPS) is 33.1. The highest BCUT2D eigenvalue weighted by molar-refractivity contribution is 5.80. The molecule has 22 heavy (non-hydrogen) atoms. The molecule has 0 aromatic rings. The molecular weight excluding hydrogens is 292 g/mol. The highest BCUT2D eigenvalue weighted by Crippen LogP contribution is 2.40. The van der Waals surface area contributed by atoms with Gasteiger partial charge in [-0.05, 0) is 18.8 Å². The van der Waals surface area contributed by atoms with Crippen LogP contribution in [0.4, 0.5) is 0 Å². The third-order valence-corrected chi connectivity index (χ3v) is 4.36. The van der Waals surface area contributed by atoms with Crippen molar-refractivity contribution in [2.75, 3.05) is 13.7 Å². The molecule has 0 saturated carbocycles. The zero-order valence-corrected chi connectivity index (χ0v) is 12.9. The van der Waals surface area contributed by atoms with Crippen molar-refractivity contribution in [3.05, 3.63) is 12.5 Å². The van der Waals surface area contributed by atoms with Crippen LogP contribution in [0.15, 0.2) is 12.5 Å². The van der Waals surface area contributed by atoms with Gasteiger partial charge in [-0.3, -0.25) is 0 Å². The number of hydrogen-bond donors (Lipinski definition) is 2. The maximum Gasteiger partial charge on any atom is 0.338 e. The SMILES string of the molecule is COC(=O)[C@]1(CC2OC=CO2)OC(C[C@H](O)CO)CC[C@@H]1C. The van der Waals surface area contributed by atoms with Gasteiger partial charge in [0.05, 0.1) is 32.3 Å². The van der Waals surface area contributed by atoms with Gasteiger partial charge in [0.25, 0.3) is 0 Å². The van der Waals surface area contributed by atoms with Crippen LogP contribution >= 0.6 is 0 Å². The molecular formula is C15H24O7. The monoisotopic (exact) mass is 316 g/mol. The van der Waals surface area contributed by atoms with E-state index in [4.69, 9.17) is 24.1 Å². The Kier molecular flexibility index (Phi) is 5.66. The van der Waals surface area contributed by atoms with Crippen molar-refractivity contribution in [1.82, 2.24) is 0 Å². The van der Waals surface area contributed by atoms with E-state index in [0.29, 0.717) is 6.42 Å². The molecule has 0 amide bonds. The first-order chi connectivity index (χ1) is 10.5. The molecule has 2 rings (SSSR count). The Morgan fingerprint density at radius 3 is 2.68 bits per heavy atom. The van der Waals surface area contributed by atoms with Gasteiger partial charge in [0.15, 0.2) is 5.60 Å². The lowest BCUT2D eigenvalue weighted by atomic mass is 9.78. The summed E-state index contributed by atoms with van der Waals surface area (Å²) in [7, 11) is 1.32. The van der Waals surface area contributed by atoms with Gasteiger partial charge in [0, 0.05) is 6.42 Å². The molecule has 1 saturated heterocycles. The Morgan fingerprint density at radius 1 is 1.41 bits per heavy atom.